The molecule has 5 heteroatoms. The summed E-state index contributed by atoms with van der Waals surface area (Å²) in [6.07, 6.45) is 4.66. The number of nitrogens with one attached hydrogen (secondary N) is 2. The van der Waals surface area contributed by atoms with Gasteiger partial charge in [-0.25, -0.2) is 0 Å². The van der Waals surface area contributed by atoms with Gasteiger partial charge >= 0.3 is 0 Å². The fourth-order valence-corrected chi connectivity index (χ4v) is 2.51. The molecule has 0 radical (unpaired) electrons. The van der Waals surface area contributed by atoms with Crippen molar-refractivity contribution in [2.75, 3.05) is 39.9 Å². The summed E-state index contributed by atoms with van der Waals surface area (Å²) >= 11 is 0. The standard InChI is InChI=1S/C15H31N3O2/c1-13(2)18(11-14-7-4-5-8-16-14)12-15(19)17-9-6-10-20-3/h13-14,16H,4-12H2,1-3H3,(H,17,19). The zero-order valence-electron chi connectivity index (χ0n) is 13.3. The van der Waals surface area contributed by atoms with Gasteiger partial charge in [0, 0.05) is 38.9 Å². The summed E-state index contributed by atoms with van der Waals surface area (Å²) in [6, 6.07) is 0.927. The highest BCUT2D eigenvalue weighted by Crippen LogP contribution is 2.10. The van der Waals surface area contributed by atoms with Crippen LogP contribution in [-0.2, 0) is 9.53 Å². The second-order valence-electron chi connectivity index (χ2n) is 5.87. The fourth-order valence-electron chi connectivity index (χ4n) is 2.51. The molecule has 1 amide bonds. The highest BCUT2D eigenvalue weighted by atomic mass is 16.5. The lowest BCUT2D eigenvalue weighted by molar-refractivity contribution is -0.122. The number of methoxy groups -OCH3 is 1. The topological polar surface area (TPSA) is 53.6 Å². The monoisotopic (exact) mass is 285 g/mol. The van der Waals surface area contributed by atoms with E-state index in [1.165, 1.54) is 19.3 Å². The molecule has 1 fully saturated rings. The second-order valence-corrected chi connectivity index (χ2v) is 5.87. The molecule has 0 spiro atoms. The summed E-state index contributed by atoms with van der Waals surface area (Å²) in [5, 5.41) is 6.51. The Morgan fingerprint density at radius 3 is 2.85 bits per heavy atom. The largest absolute Gasteiger partial charge is 0.385 e. The van der Waals surface area contributed by atoms with Crippen molar-refractivity contribution in [1.29, 1.82) is 0 Å². The minimum Gasteiger partial charge on any atom is -0.385 e. The van der Waals surface area contributed by atoms with E-state index in [9.17, 15) is 4.79 Å². The lowest BCUT2D eigenvalue weighted by Gasteiger charge is -2.32. The maximum absolute atomic E-state index is 11.9. The zero-order valence-corrected chi connectivity index (χ0v) is 13.3. The van der Waals surface area contributed by atoms with Gasteiger partial charge in [-0.3, -0.25) is 9.69 Å². The molecule has 20 heavy (non-hydrogen) atoms. The molecule has 1 saturated heterocycles. The van der Waals surface area contributed by atoms with Crippen molar-refractivity contribution in [3.8, 4) is 0 Å². The Kier molecular flexibility index (Phi) is 8.82. The van der Waals surface area contributed by atoms with Crippen LogP contribution in [0.5, 0.6) is 0 Å². The lowest BCUT2D eigenvalue weighted by atomic mass is 10.0. The van der Waals surface area contributed by atoms with Crippen molar-refractivity contribution in [3.05, 3.63) is 0 Å². The molecule has 1 heterocycles. The average Bonchev–Trinajstić information content (AvgIpc) is 2.44. The normalized spacial score (nSPS) is 19.6. The van der Waals surface area contributed by atoms with Gasteiger partial charge in [-0.1, -0.05) is 6.42 Å². The molecule has 0 aromatic carbocycles. The average molecular weight is 285 g/mol. The first-order chi connectivity index (χ1) is 9.63. The number of nitrogens with zero attached hydrogens (tertiary/aromatic N) is 1. The van der Waals surface area contributed by atoms with E-state index in [0.29, 0.717) is 31.8 Å². The van der Waals surface area contributed by atoms with Gasteiger partial charge < -0.3 is 15.4 Å². The SMILES string of the molecule is COCCCNC(=O)CN(CC1CCCCN1)C(C)C. The number of carbonyl (C=O) groups excluding carboxylic acids is 1. The minimum absolute atomic E-state index is 0.116. The van der Waals surface area contributed by atoms with Gasteiger partial charge in [-0.05, 0) is 39.7 Å². The molecule has 118 valence electrons. The van der Waals surface area contributed by atoms with Gasteiger partial charge in [0.1, 0.15) is 0 Å². The van der Waals surface area contributed by atoms with Gasteiger partial charge in [0.05, 0.1) is 6.54 Å². The smallest absolute Gasteiger partial charge is 0.234 e. The summed E-state index contributed by atoms with van der Waals surface area (Å²) in [6.45, 7) is 8.26. The van der Waals surface area contributed by atoms with Gasteiger partial charge in [0.2, 0.25) is 5.91 Å². The number of rotatable bonds is 9. The molecule has 0 bridgehead atoms. The van der Waals surface area contributed by atoms with Crippen molar-refractivity contribution < 1.29 is 9.53 Å². The quantitative estimate of drug-likeness (QED) is 0.620. The number of amides is 1. The third kappa shape index (κ3) is 7.22. The minimum atomic E-state index is 0.116. The molecular formula is C15H31N3O2. The maximum Gasteiger partial charge on any atom is 0.234 e. The van der Waals surface area contributed by atoms with Gasteiger partial charge in [-0.15, -0.1) is 0 Å². The van der Waals surface area contributed by atoms with E-state index in [1.54, 1.807) is 7.11 Å². The number of ether oxygens (including phenoxy) is 1. The van der Waals surface area contributed by atoms with Crippen molar-refractivity contribution >= 4 is 5.91 Å². The molecule has 0 aliphatic carbocycles. The van der Waals surface area contributed by atoms with Crippen LogP contribution in [0, 0.1) is 0 Å². The van der Waals surface area contributed by atoms with Crippen molar-refractivity contribution in [2.24, 2.45) is 0 Å². The van der Waals surface area contributed by atoms with Gasteiger partial charge in [-0.2, -0.15) is 0 Å². The Morgan fingerprint density at radius 2 is 2.25 bits per heavy atom. The summed E-state index contributed by atoms with van der Waals surface area (Å²) in [7, 11) is 1.68. The Labute approximate surface area is 123 Å². The third-order valence-corrected chi connectivity index (χ3v) is 3.79. The number of hydrogen-bond donors (Lipinski definition) is 2. The Bertz CT molecular complexity index is 266. The van der Waals surface area contributed by atoms with Crippen LogP contribution in [0.3, 0.4) is 0 Å². The van der Waals surface area contributed by atoms with Crippen molar-refractivity contribution in [3.63, 3.8) is 0 Å². The molecule has 0 saturated carbocycles. The first kappa shape index (κ1) is 17.4. The first-order valence-electron chi connectivity index (χ1n) is 7.86. The van der Waals surface area contributed by atoms with E-state index in [-0.39, 0.29) is 5.91 Å². The summed E-state index contributed by atoms with van der Waals surface area (Å²) in [5.41, 5.74) is 0. The van der Waals surface area contributed by atoms with Crippen molar-refractivity contribution in [1.82, 2.24) is 15.5 Å². The van der Waals surface area contributed by atoms with E-state index in [2.05, 4.69) is 29.4 Å². The summed E-state index contributed by atoms with van der Waals surface area (Å²) in [5.74, 6) is 0.116. The molecule has 5 nitrogen and oxygen atoms in total. The molecule has 1 aliphatic heterocycles. The molecule has 1 atom stereocenters. The van der Waals surface area contributed by atoms with Crippen LogP contribution in [0.25, 0.3) is 0 Å². The van der Waals surface area contributed by atoms with Gasteiger partial charge in [0.25, 0.3) is 0 Å². The van der Waals surface area contributed by atoms with Crippen LogP contribution in [0.1, 0.15) is 39.5 Å². The Hall–Kier alpha value is -0.650. The zero-order chi connectivity index (χ0) is 14.8. The highest BCUT2D eigenvalue weighted by Gasteiger charge is 2.20. The Balaban J connectivity index is 2.28. The predicted octanol–water partition coefficient (Wildman–Crippen LogP) is 0.992. The Morgan fingerprint density at radius 1 is 1.45 bits per heavy atom. The van der Waals surface area contributed by atoms with E-state index < -0.39 is 0 Å². The molecule has 0 aromatic rings. The van der Waals surface area contributed by atoms with Crippen LogP contribution in [0.4, 0.5) is 0 Å². The second kappa shape index (κ2) is 10.1. The van der Waals surface area contributed by atoms with Crippen LogP contribution < -0.4 is 10.6 Å². The van der Waals surface area contributed by atoms with Crippen molar-refractivity contribution in [2.45, 2.75) is 51.6 Å². The molecule has 0 aromatic heterocycles. The summed E-state index contributed by atoms with van der Waals surface area (Å²) < 4.78 is 4.97. The molecular weight excluding hydrogens is 254 g/mol. The van der Waals surface area contributed by atoms with Crippen LogP contribution >= 0.6 is 0 Å². The lowest BCUT2D eigenvalue weighted by Crippen LogP contribution is -2.49. The number of piperidine rings is 1. The molecule has 1 aliphatic rings. The van der Waals surface area contributed by atoms with Crippen LogP contribution in [0.15, 0.2) is 0 Å². The van der Waals surface area contributed by atoms with E-state index in [0.717, 1.165) is 19.5 Å². The van der Waals surface area contributed by atoms with Crippen LogP contribution in [-0.4, -0.2) is 62.8 Å². The molecule has 2 N–H and O–H groups in total. The van der Waals surface area contributed by atoms with E-state index in [4.69, 9.17) is 4.74 Å². The number of hydrogen-bond acceptors (Lipinski definition) is 4. The van der Waals surface area contributed by atoms with Gasteiger partial charge in [0.15, 0.2) is 0 Å². The number of carbonyl (C=O) groups is 1. The van der Waals surface area contributed by atoms with E-state index in [1.807, 2.05) is 0 Å². The summed E-state index contributed by atoms with van der Waals surface area (Å²) in [4.78, 5) is 14.2. The maximum atomic E-state index is 11.9. The first-order valence-corrected chi connectivity index (χ1v) is 7.86. The highest BCUT2D eigenvalue weighted by molar-refractivity contribution is 5.78. The predicted molar refractivity (Wildman–Crippen MR) is 81.9 cm³/mol. The molecule has 1 rings (SSSR count). The molecule has 1 unspecified atom stereocenters. The van der Waals surface area contributed by atoms with E-state index >= 15 is 0 Å². The fraction of sp³-hybridized carbons (Fsp3) is 0.933. The third-order valence-electron chi connectivity index (χ3n) is 3.79. The van der Waals surface area contributed by atoms with Crippen LogP contribution in [0.2, 0.25) is 0 Å².